The molecule has 0 bridgehead atoms. The lowest BCUT2D eigenvalue weighted by molar-refractivity contribution is 0.162. The fourth-order valence-corrected chi connectivity index (χ4v) is 2.89. The summed E-state index contributed by atoms with van der Waals surface area (Å²) in [6.07, 6.45) is 8.47. The molecule has 2 aliphatic rings. The van der Waals surface area contributed by atoms with Crippen molar-refractivity contribution >= 4 is 0 Å². The summed E-state index contributed by atoms with van der Waals surface area (Å²) >= 11 is 0. The highest BCUT2D eigenvalue weighted by Crippen LogP contribution is 2.33. The molecule has 1 saturated carbocycles. The van der Waals surface area contributed by atoms with Crippen molar-refractivity contribution in [2.75, 3.05) is 6.61 Å². The molecule has 3 unspecified atom stereocenters. The smallest absolute Gasteiger partial charge is 0.111 e. The average molecular weight is 210 g/mol. The van der Waals surface area contributed by atoms with Crippen molar-refractivity contribution in [2.24, 2.45) is 17.7 Å². The van der Waals surface area contributed by atoms with Gasteiger partial charge in [-0.15, -0.1) is 0 Å². The van der Waals surface area contributed by atoms with Gasteiger partial charge in [-0.3, -0.25) is 5.84 Å². The van der Waals surface area contributed by atoms with Gasteiger partial charge in [-0.2, -0.15) is 0 Å². The van der Waals surface area contributed by atoms with Gasteiger partial charge in [0.05, 0.1) is 12.6 Å². The third kappa shape index (κ3) is 2.52. The predicted octanol–water partition coefficient (Wildman–Crippen LogP) is 1.95. The Labute approximate surface area is 92.0 Å². The second-order valence-electron chi connectivity index (χ2n) is 4.92. The number of nitrogens with two attached hydrogens (primary N) is 1. The Balaban J connectivity index is 1.98. The SMILES string of the molecule is CC1CCCC(C(NN)C2=CCCO2)C1. The first-order chi connectivity index (χ1) is 7.31. The Morgan fingerprint density at radius 3 is 3.00 bits per heavy atom. The van der Waals surface area contributed by atoms with E-state index in [-0.39, 0.29) is 6.04 Å². The lowest BCUT2D eigenvalue weighted by Crippen LogP contribution is -2.44. The first kappa shape index (κ1) is 11.0. The van der Waals surface area contributed by atoms with Crippen LogP contribution in [0, 0.1) is 11.8 Å². The minimum Gasteiger partial charge on any atom is -0.496 e. The fourth-order valence-electron chi connectivity index (χ4n) is 2.89. The first-order valence-electron chi connectivity index (χ1n) is 6.10. The van der Waals surface area contributed by atoms with Crippen molar-refractivity contribution < 1.29 is 4.74 Å². The normalized spacial score (nSPS) is 33.3. The lowest BCUT2D eigenvalue weighted by Gasteiger charge is -2.33. The van der Waals surface area contributed by atoms with Crippen LogP contribution in [0.4, 0.5) is 0 Å². The van der Waals surface area contributed by atoms with Crippen molar-refractivity contribution in [2.45, 2.75) is 45.1 Å². The summed E-state index contributed by atoms with van der Waals surface area (Å²) in [6, 6.07) is 0.246. The molecule has 0 aromatic carbocycles. The molecule has 1 heterocycles. The van der Waals surface area contributed by atoms with Crippen LogP contribution < -0.4 is 11.3 Å². The van der Waals surface area contributed by atoms with Crippen LogP contribution >= 0.6 is 0 Å². The second kappa shape index (κ2) is 4.99. The van der Waals surface area contributed by atoms with Crippen molar-refractivity contribution in [1.82, 2.24) is 5.43 Å². The summed E-state index contributed by atoms with van der Waals surface area (Å²) in [5.41, 5.74) is 2.94. The maximum absolute atomic E-state index is 5.66. The number of nitrogens with one attached hydrogen (secondary N) is 1. The van der Waals surface area contributed by atoms with Crippen LogP contribution in [0.25, 0.3) is 0 Å². The number of hydrogen-bond donors (Lipinski definition) is 2. The van der Waals surface area contributed by atoms with Crippen LogP contribution in [0.1, 0.15) is 39.0 Å². The van der Waals surface area contributed by atoms with Crippen LogP contribution in [0.2, 0.25) is 0 Å². The van der Waals surface area contributed by atoms with Crippen LogP contribution in [0.15, 0.2) is 11.8 Å². The monoisotopic (exact) mass is 210 g/mol. The molecule has 86 valence electrons. The van der Waals surface area contributed by atoms with Crippen LogP contribution in [0.5, 0.6) is 0 Å². The van der Waals surface area contributed by atoms with Gasteiger partial charge in [-0.25, -0.2) is 5.43 Å². The van der Waals surface area contributed by atoms with Gasteiger partial charge in [0.1, 0.15) is 5.76 Å². The molecule has 1 aliphatic carbocycles. The molecule has 1 fully saturated rings. The maximum atomic E-state index is 5.66. The molecular weight excluding hydrogens is 188 g/mol. The highest BCUT2D eigenvalue weighted by Gasteiger charge is 2.30. The average Bonchev–Trinajstić information content (AvgIpc) is 2.72. The van der Waals surface area contributed by atoms with E-state index in [1.165, 1.54) is 25.7 Å². The van der Waals surface area contributed by atoms with Gasteiger partial charge in [-0.05, 0) is 30.8 Å². The van der Waals surface area contributed by atoms with E-state index in [4.69, 9.17) is 10.6 Å². The summed E-state index contributed by atoms with van der Waals surface area (Å²) in [7, 11) is 0. The summed E-state index contributed by atoms with van der Waals surface area (Å²) in [5.74, 6) is 8.23. The number of hydrazine groups is 1. The Morgan fingerprint density at radius 2 is 2.40 bits per heavy atom. The largest absolute Gasteiger partial charge is 0.496 e. The van der Waals surface area contributed by atoms with Gasteiger partial charge in [0.25, 0.3) is 0 Å². The molecule has 0 saturated heterocycles. The number of rotatable bonds is 3. The Morgan fingerprint density at radius 1 is 1.53 bits per heavy atom. The molecule has 0 aromatic rings. The molecule has 0 aromatic heterocycles. The Hall–Kier alpha value is -0.540. The Kier molecular flexibility index (Phi) is 3.65. The molecule has 0 amide bonds. The van der Waals surface area contributed by atoms with E-state index in [0.29, 0.717) is 5.92 Å². The Bertz CT molecular complexity index is 240. The van der Waals surface area contributed by atoms with Gasteiger partial charge in [0.2, 0.25) is 0 Å². The molecule has 3 nitrogen and oxygen atoms in total. The zero-order valence-electron chi connectivity index (χ0n) is 9.54. The number of hydrogen-bond acceptors (Lipinski definition) is 3. The summed E-state index contributed by atoms with van der Waals surface area (Å²) in [6.45, 7) is 3.17. The zero-order chi connectivity index (χ0) is 10.7. The van der Waals surface area contributed by atoms with Crippen LogP contribution in [0.3, 0.4) is 0 Å². The van der Waals surface area contributed by atoms with E-state index in [9.17, 15) is 0 Å². The molecule has 2 rings (SSSR count). The molecular formula is C12H22N2O. The summed E-state index contributed by atoms with van der Waals surface area (Å²) in [4.78, 5) is 0. The molecule has 0 radical (unpaired) electrons. The van der Waals surface area contributed by atoms with Crippen LogP contribution in [-0.4, -0.2) is 12.6 Å². The van der Waals surface area contributed by atoms with E-state index in [1.807, 2.05) is 0 Å². The predicted molar refractivity (Wildman–Crippen MR) is 60.9 cm³/mol. The van der Waals surface area contributed by atoms with Gasteiger partial charge < -0.3 is 4.74 Å². The standard InChI is InChI=1S/C12H22N2O/c1-9-4-2-5-10(8-9)12(14-13)11-6-3-7-15-11/h6,9-10,12,14H,2-5,7-8,13H2,1H3. The topological polar surface area (TPSA) is 47.3 Å². The molecule has 1 aliphatic heterocycles. The fraction of sp³-hybridized carbons (Fsp3) is 0.833. The molecule has 3 N–H and O–H groups in total. The minimum atomic E-state index is 0.246. The van der Waals surface area contributed by atoms with Crippen LogP contribution in [-0.2, 0) is 4.74 Å². The highest BCUT2D eigenvalue weighted by molar-refractivity contribution is 5.09. The number of ether oxygens (including phenoxy) is 1. The van der Waals surface area contributed by atoms with Gasteiger partial charge in [0.15, 0.2) is 0 Å². The van der Waals surface area contributed by atoms with Gasteiger partial charge in [0, 0.05) is 6.42 Å². The van der Waals surface area contributed by atoms with Crippen molar-refractivity contribution in [1.29, 1.82) is 0 Å². The highest BCUT2D eigenvalue weighted by atomic mass is 16.5. The third-order valence-corrected chi connectivity index (χ3v) is 3.67. The maximum Gasteiger partial charge on any atom is 0.111 e. The first-order valence-corrected chi connectivity index (χ1v) is 6.10. The third-order valence-electron chi connectivity index (χ3n) is 3.67. The van der Waals surface area contributed by atoms with Gasteiger partial charge >= 0.3 is 0 Å². The minimum absolute atomic E-state index is 0.246. The van der Waals surface area contributed by atoms with Crippen molar-refractivity contribution in [3.8, 4) is 0 Å². The van der Waals surface area contributed by atoms with E-state index in [2.05, 4.69) is 18.4 Å². The second-order valence-corrected chi connectivity index (χ2v) is 4.92. The van der Waals surface area contributed by atoms with E-state index in [0.717, 1.165) is 24.7 Å². The summed E-state index contributed by atoms with van der Waals surface area (Å²) in [5, 5.41) is 0. The lowest BCUT2D eigenvalue weighted by atomic mass is 9.78. The molecule has 15 heavy (non-hydrogen) atoms. The molecule has 3 atom stereocenters. The molecule has 3 heteroatoms. The zero-order valence-corrected chi connectivity index (χ0v) is 9.54. The van der Waals surface area contributed by atoms with E-state index < -0.39 is 0 Å². The quantitative estimate of drug-likeness (QED) is 0.553. The van der Waals surface area contributed by atoms with Crippen molar-refractivity contribution in [3.05, 3.63) is 11.8 Å². The van der Waals surface area contributed by atoms with E-state index >= 15 is 0 Å². The molecule has 0 spiro atoms. The summed E-state index contributed by atoms with van der Waals surface area (Å²) < 4.78 is 5.61. The van der Waals surface area contributed by atoms with Crippen molar-refractivity contribution in [3.63, 3.8) is 0 Å². The van der Waals surface area contributed by atoms with E-state index in [1.54, 1.807) is 0 Å². The van der Waals surface area contributed by atoms with Gasteiger partial charge in [-0.1, -0.05) is 19.8 Å².